The zero-order chi connectivity index (χ0) is 42.6. The molecule has 0 saturated carbocycles. The third-order valence-corrected chi connectivity index (χ3v) is 4.19. The van der Waals surface area contributed by atoms with Gasteiger partial charge in [0.15, 0.2) is 0 Å². The number of carbonyl (C=O) groups is 4. The van der Waals surface area contributed by atoms with Crippen molar-refractivity contribution in [1.29, 1.82) is 0 Å². The molecule has 0 fully saturated rings. The fourth-order valence-corrected chi connectivity index (χ4v) is 2.50. The average Bonchev–Trinajstić information content (AvgIpc) is 2.99. The van der Waals surface area contributed by atoms with E-state index >= 15 is 0 Å². The summed E-state index contributed by atoms with van der Waals surface area (Å²) < 4.78 is 0. The first kappa shape index (κ1) is 75.6. The smallest absolute Gasteiger partial charge is 0.550 e. The van der Waals surface area contributed by atoms with Crippen LogP contribution in [0, 0.1) is 37.6 Å². The Balaban J connectivity index is -0.0000000723. The first-order valence-electron chi connectivity index (χ1n) is 13.9. The first-order chi connectivity index (χ1) is 25.0. The van der Waals surface area contributed by atoms with Crippen LogP contribution in [0.15, 0.2) is 0 Å². The Hall–Kier alpha value is -5.20. The number of nitrogens with zero attached hydrogens (tertiary/aromatic N) is 12. The Bertz CT molecular complexity index is 1360. The monoisotopic (exact) mass is 1230 g/mol. The van der Waals surface area contributed by atoms with Gasteiger partial charge in [-0.25, -0.2) is 0 Å². The van der Waals surface area contributed by atoms with Crippen molar-refractivity contribution >= 4 is 71.5 Å². The number of anilines is 8. The maximum atomic E-state index is 9.50. The van der Waals surface area contributed by atoms with E-state index in [4.69, 9.17) is 55.8 Å². The van der Waals surface area contributed by atoms with Gasteiger partial charge in [0.25, 0.3) is 0 Å². The van der Waals surface area contributed by atoms with Crippen molar-refractivity contribution in [2.45, 2.75) is 53.4 Å². The molecule has 36 heteroatoms. The van der Waals surface area contributed by atoms with E-state index in [-0.39, 0.29) is 148 Å². The minimum atomic E-state index is -1.37. The van der Waals surface area contributed by atoms with Gasteiger partial charge >= 0.3 is 89.5 Å². The summed E-state index contributed by atoms with van der Waals surface area (Å²) in [6, 6.07) is 0. The molecule has 0 bridgehead atoms. The SMILES string of the molecule is Cc1nc(N)nc(N)n1.Cc1nc(N)nc(N)n1.Cc1nc(N)nc(N)n1.Cc1nc(N)nc(N)n1.O.O.O=C([O-])CCC(=O)[O-].O=C([O-])CCC(=O)[O-].O=O.[Ag+].[Ag+].[Ag+].[Ag+]. The van der Waals surface area contributed by atoms with Gasteiger partial charge in [-0.3, -0.25) is 0 Å². The van der Waals surface area contributed by atoms with Crippen LogP contribution in [0.3, 0.4) is 0 Å². The van der Waals surface area contributed by atoms with E-state index < -0.39 is 49.6 Å². The van der Waals surface area contributed by atoms with Gasteiger partial charge in [0.2, 0.25) is 47.6 Å². The van der Waals surface area contributed by atoms with Gasteiger partial charge in [0, 0.05) is 33.8 Å². The third kappa shape index (κ3) is 50.8. The molecule has 32 nitrogen and oxygen atoms in total. The van der Waals surface area contributed by atoms with E-state index in [0.717, 1.165) is 0 Å². The summed E-state index contributed by atoms with van der Waals surface area (Å²) in [5.41, 5.74) is 41.7. The van der Waals surface area contributed by atoms with E-state index in [1.54, 1.807) is 27.7 Å². The van der Waals surface area contributed by atoms with Crippen LogP contribution in [0.2, 0.25) is 0 Å². The topological polar surface area (TPSA) is 620 Å². The fraction of sp³-hybridized carbons (Fsp3) is 0.333. The van der Waals surface area contributed by atoms with E-state index in [1.807, 2.05) is 0 Å². The molecule has 0 aliphatic heterocycles. The summed E-state index contributed by atoms with van der Waals surface area (Å²) in [7, 11) is 0. The van der Waals surface area contributed by atoms with Gasteiger partial charge in [-0.1, -0.05) is 0 Å². The molecule has 4 heterocycles. The van der Waals surface area contributed by atoms with Crippen LogP contribution in [0.5, 0.6) is 0 Å². The quantitative estimate of drug-likeness (QED) is 0.0831. The Morgan fingerprint density at radius 2 is 0.433 bits per heavy atom. The number of hydrogen-bond donors (Lipinski definition) is 8. The van der Waals surface area contributed by atoms with Crippen LogP contribution in [-0.2, 0) is 109 Å². The number of aliphatic carboxylic acids is 4. The van der Waals surface area contributed by atoms with Crippen LogP contribution in [0.25, 0.3) is 0 Å². The maximum Gasteiger partial charge on any atom is 1.00 e. The molecule has 0 saturated heterocycles. The third-order valence-electron chi connectivity index (χ3n) is 4.19. The average molecular weight is 1230 g/mol. The molecular weight excluding hydrogens is 1190 g/mol. The molecule has 0 unspecified atom stereocenters. The second-order valence-corrected chi connectivity index (χ2v) is 8.88. The van der Waals surface area contributed by atoms with E-state index in [0.29, 0.717) is 23.3 Å². The summed E-state index contributed by atoms with van der Waals surface area (Å²) in [6.07, 6.45) is -1.88. The predicted molar refractivity (Wildman–Crippen MR) is 186 cm³/mol. The standard InChI is InChI=1S/4C4H7N5.2C4H6O4.4Ag.O2.2H2O/c4*1-2-7-3(5)9-4(6)8-2;2*5-3(6)1-2-4(7)8;;;;;1-2;;/h4*1H3,(H4,5,6,7,8,9);2*1-2H2,(H,5,6)(H,7,8);;;;;;2*1H2/q;;;;;;4*+1;;;/p-4. The Labute approximate surface area is 401 Å². The first-order valence-corrected chi connectivity index (χ1v) is 13.9. The van der Waals surface area contributed by atoms with Crippen LogP contribution < -0.4 is 66.3 Å². The van der Waals surface area contributed by atoms with Crippen molar-refractivity contribution < 1.29 is 140 Å². The van der Waals surface area contributed by atoms with Gasteiger partial charge in [-0.05, 0) is 53.4 Å². The number of rotatable bonds is 6. The zero-order valence-corrected chi connectivity index (χ0v) is 37.0. The fourth-order valence-electron chi connectivity index (χ4n) is 2.50. The minimum absolute atomic E-state index is 0. The van der Waals surface area contributed by atoms with E-state index in [9.17, 15) is 39.6 Å². The summed E-state index contributed by atoms with van der Waals surface area (Å²) in [4.78, 5) is 96.0. The van der Waals surface area contributed by atoms with Crippen molar-refractivity contribution in [2.24, 2.45) is 0 Å². The van der Waals surface area contributed by atoms with E-state index in [1.165, 1.54) is 0 Å². The molecule has 0 spiro atoms. The van der Waals surface area contributed by atoms with Crippen molar-refractivity contribution in [1.82, 2.24) is 59.8 Å². The summed E-state index contributed by atoms with van der Waals surface area (Å²) >= 11 is 0. The molecule has 0 aliphatic rings. The number of carboxylic acid groups (broad SMARTS) is 4. The molecule has 4 aromatic heterocycles. The number of nitrogens with two attached hydrogens (primary N) is 8. The van der Waals surface area contributed by atoms with Gasteiger partial charge in [0.1, 0.15) is 23.3 Å². The number of hydrogen-bond acceptors (Lipinski definition) is 30. The van der Waals surface area contributed by atoms with Crippen molar-refractivity contribution in [3.8, 4) is 0 Å². The molecule has 0 aliphatic carbocycles. The molecule has 0 atom stereocenters. The second-order valence-electron chi connectivity index (χ2n) is 8.88. The van der Waals surface area contributed by atoms with Crippen LogP contribution in [0.4, 0.5) is 47.6 Å². The normalized spacial score (nSPS) is 8.00. The van der Waals surface area contributed by atoms with Gasteiger partial charge in [-0.2, -0.15) is 59.8 Å². The number of carbonyl (C=O) groups excluding carboxylic acids is 4. The summed E-state index contributed by atoms with van der Waals surface area (Å²) in [5.74, 6) is -1.97. The molecule has 60 heavy (non-hydrogen) atoms. The van der Waals surface area contributed by atoms with Gasteiger partial charge in [-0.15, -0.1) is 0 Å². The van der Waals surface area contributed by atoms with Crippen LogP contribution in [-0.4, -0.2) is 94.6 Å². The molecule has 4 aromatic rings. The number of aromatic nitrogens is 12. The van der Waals surface area contributed by atoms with Gasteiger partial charge < -0.3 is 96.4 Å². The molecule has 20 N–H and O–H groups in total. The molecule has 0 radical (unpaired) electrons. The molecular formula is C24H40Ag4N20O12. The molecule has 0 aromatic carbocycles. The van der Waals surface area contributed by atoms with Crippen molar-refractivity contribution in [3.05, 3.63) is 33.2 Å². The largest absolute Gasteiger partial charge is 1.00 e. The van der Waals surface area contributed by atoms with Crippen LogP contribution >= 0.6 is 0 Å². The van der Waals surface area contributed by atoms with E-state index in [2.05, 4.69) is 59.8 Å². The molecule has 0 amide bonds. The Morgan fingerprint density at radius 3 is 0.500 bits per heavy atom. The number of carboxylic acids is 4. The predicted octanol–water partition coefficient (Wildman–Crippen LogP) is -9.68. The Kier molecular flexibility index (Phi) is 54.7. The molecule has 4 rings (SSSR count). The summed E-state index contributed by atoms with van der Waals surface area (Å²) in [5, 5.41) is 38.0. The van der Waals surface area contributed by atoms with Crippen LogP contribution in [0.1, 0.15) is 49.0 Å². The molecule has 352 valence electrons. The Morgan fingerprint density at radius 1 is 0.333 bits per heavy atom. The number of nitrogen functional groups attached to an aromatic ring is 8. The second kappa shape index (κ2) is 43.4. The van der Waals surface area contributed by atoms with Crippen molar-refractivity contribution in [2.75, 3.05) is 45.9 Å². The summed E-state index contributed by atoms with van der Waals surface area (Å²) in [6.45, 7) is 6.81. The van der Waals surface area contributed by atoms with Crippen molar-refractivity contribution in [3.63, 3.8) is 0 Å². The minimum Gasteiger partial charge on any atom is -0.550 e. The zero-order valence-electron chi connectivity index (χ0n) is 31.1. The number of aryl methyl sites for hydroxylation is 4. The van der Waals surface area contributed by atoms with Gasteiger partial charge in [0.05, 0.1) is 0 Å². The maximum absolute atomic E-state index is 9.50.